The van der Waals surface area contributed by atoms with Crippen LogP contribution in [0.1, 0.15) is 0 Å². The molecule has 2 heterocycles. The Labute approximate surface area is 152 Å². The first-order chi connectivity index (χ1) is 12.8. The number of aliphatic hydroxyl groups is 2. The molecule has 0 aromatic carbocycles. The van der Waals surface area contributed by atoms with Gasteiger partial charge in [0.1, 0.15) is 13.2 Å². The van der Waals surface area contributed by atoms with Gasteiger partial charge in [-0.3, -0.25) is 0 Å². The fourth-order valence-electron chi connectivity index (χ4n) is 2.02. The summed E-state index contributed by atoms with van der Waals surface area (Å²) in [6.45, 7) is 2.02. The molecule has 0 radical (unpaired) electrons. The second-order valence-corrected chi connectivity index (χ2v) is 5.09. The van der Waals surface area contributed by atoms with Crippen molar-refractivity contribution in [3.63, 3.8) is 0 Å². The van der Waals surface area contributed by atoms with E-state index < -0.39 is 0 Å². The van der Waals surface area contributed by atoms with Gasteiger partial charge in [0.05, 0.1) is 51.0 Å². The SMILES string of the molecule is OCCOCCOc1cccc(-c2cccc(OCCOCCO)n2)n1. The van der Waals surface area contributed by atoms with Gasteiger partial charge >= 0.3 is 0 Å². The maximum atomic E-state index is 8.65. The highest BCUT2D eigenvalue weighted by atomic mass is 16.5. The van der Waals surface area contributed by atoms with Gasteiger partial charge in [-0.2, -0.15) is 0 Å². The van der Waals surface area contributed by atoms with E-state index in [-0.39, 0.29) is 13.2 Å². The summed E-state index contributed by atoms with van der Waals surface area (Å²) in [6.07, 6.45) is 0. The molecule has 0 aliphatic rings. The summed E-state index contributed by atoms with van der Waals surface area (Å²) < 4.78 is 21.4. The molecule has 142 valence electrons. The predicted molar refractivity (Wildman–Crippen MR) is 94.3 cm³/mol. The zero-order chi connectivity index (χ0) is 18.5. The lowest BCUT2D eigenvalue weighted by atomic mass is 10.2. The third-order valence-corrected chi connectivity index (χ3v) is 3.14. The van der Waals surface area contributed by atoms with Crippen molar-refractivity contribution in [2.24, 2.45) is 0 Å². The zero-order valence-corrected chi connectivity index (χ0v) is 14.5. The fourth-order valence-corrected chi connectivity index (χ4v) is 2.02. The summed E-state index contributed by atoms with van der Waals surface area (Å²) in [5, 5.41) is 17.3. The molecule has 2 aromatic heterocycles. The largest absolute Gasteiger partial charge is 0.475 e. The van der Waals surface area contributed by atoms with Crippen molar-refractivity contribution in [1.29, 1.82) is 0 Å². The van der Waals surface area contributed by atoms with Crippen molar-refractivity contribution < 1.29 is 29.2 Å². The topological polar surface area (TPSA) is 103 Å². The maximum Gasteiger partial charge on any atom is 0.213 e. The van der Waals surface area contributed by atoms with Crippen molar-refractivity contribution in [1.82, 2.24) is 9.97 Å². The predicted octanol–water partition coefficient (Wildman–Crippen LogP) is 0.919. The van der Waals surface area contributed by atoms with Gasteiger partial charge in [0.2, 0.25) is 11.8 Å². The molecule has 0 fully saturated rings. The highest BCUT2D eigenvalue weighted by Gasteiger charge is 2.05. The molecule has 2 rings (SSSR count). The number of rotatable bonds is 13. The van der Waals surface area contributed by atoms with Gasteiger partial charge < -0.3 is 29.2 Å². The molecule has 2 aromatic rings. The van der Waals surface area contributed by atoms with Crippen LogP contribution in [0.5, 0.6) is 11.8 Å². The average Bonchev–Trinajstić information content (AvgIpc) is 2.68. The second kappa shape index (κ2) is 12.2. The Morgan fingerprint density at radius 2 is 1.08 bits per heavy atom. The van der Waals surface area contributed by atoms with E-state index in [1.165, 1.54) is 0 Å². The van der Waals surface area contributed by atoms with Crippen LogP contribution >= 0.6 is 0 Å². The Hall–Kier alpha value is -2.26. The molecule has 8 nitrogen and oxygen atoms in total. The molecule has 0 spiro atoms. The molecule has 0 aliphatic heterocycles. The van der Waals surface area contributed by atoms with Crippen molar-refractivity contribution in [3.8, 4) is 23.1 Å². The monoisotopic (exact) mass is 364 g/mol. The molecule has 0 amide bonds. The highest BCUT2D eigenvalue weighted by molar-refractivity contribution is 5.55. The molecular weight excluding hydrogens is 340 g/mol. The molecule has 0 unspecified atom stereocenters. The first-order valence-electron chi connectivity index (χ1n) is 8.41. The Morgan fingerprint density at radius 3 is 1.50 bits per heavy atom. The number of hydrogen-bond acceptors (Lipinski definition) is 8. The average molecular weight is 364 g/mol. The Bertz CT molecular complexity index is 585. The highest BCUT2D eigenvalue weighted by Crippen LogP contribution is 2.20. The third kappa shape index (κ3) is 7.32. The fraction of sp³-hybridized carbons (Fsp3) is 0.444. The minimum absolute atomic E-state index is 0.00856. The molecule has 26 heavy (non-hydrogen) atoms. The van der Waals surface area contributed by atoms with E-state index in [1.54, 1.807) is 12.1 Å². The van der Waals surface area contributed by atoms with E-state index in [0.29, 0.717) is 62.8 Å². The number of aliphatic hydroxyl groups excluding tert-OH is 2. The second-order valence-electron chi connectivity index (χ2n) is 5.09. The number of aromatic nitrogens is 2. The van der Waals surface area contributed by atoms with Crippen molar-refractivity contribution in [2.75, 3.05) is 52.9 Å². The van der Waals surface area contributed by atoms with Crippen LogP contribution in [0.15, 0.2) is 36.4 Å². The van der Waals surface area contributed by atoms with E-state index in [2.05, 4.69) is 9.97 Å². The third-order valence-electron chi connectivity index (χ3n) is 3.14. The molecule has 0 bridgehead atoms. The summed E-state index contributed by atoms with van der Waals surface area (Å²) in [6, 6.07) is 10.9. The van der Waals surface area contributed by atoms with Crippen LogP contribution in [-0.2, 0) is 9.47 Å². The normalized spacial score (nSPS) is 10.7. The molecule has 8 heteroatoms. The number of ether oxygens (including phenoxy) is 4. The van der Waals surface area contributed by atoms with Gasteiger partial charge in [0.15, 0.2) is 0 Å². The summed E-state index contributed by atoms with van der Waals surface area (Å²) in [5.74, 6) is 0.946. The van der Waals surface area contributed by atoms with E-state index in [1.807, 2.05) is 24.3 Å². The van der Waals surface area contributed by atoms with Gasteiger partial charge in [0, 0.05) is 12.1 Å². The molecular formula is C18H24N2O6. The van der Waals surface area contributed by atoms with E-state index >= 15 is 0 Å². The van der Waals surface area contributed by atoms with Gasteiger partial charge in [-0.15, -0.1) is 0 Å². The zero-order valence-electron chi connectivity index (χ0n) is 14.5. The Balaban J connectivity index is 1.89. The van der Waals surface area contributed by atoms with Crippen LogP contribution in [0, 0.1) is 0 Å². The smallest absolute Gasteiger partial charge is 0.213 e. The number of hydrogen-bond donors (Lipinski definition) is 2. The van der Waals surface area contributed by atoms with Crippen molar-refractivity contribution in [3.05, 3.63) is 36.4 Å². The summed E-state index contributed by atoms with van der Waals surface area (Å²) in [5.41, 5.74) is 1.33. The lowest BCUT2D eigenvalue weighted by Gasteiger charge is -2.09. The lowest BCUT2D eigenvalue weighted by Crippen LogP contribution is -2.10. The van der Waals surface area contributed by atoms with Crippen LogP contribution in [0.2, 0.25) is 0 Å². The minimum atomic E-state index is -0.00856. The quantitative estimate of drug-likeness (QED) is 0.506. The van der Waals surface area contributed by atoms with Crippen LogP contribution in [0.4, 0.5) is 0 Å². The van der Waals surface area contributed by atoms with Crippen LogP contribution in [0.3, 0.4) is 0 Å². The first kappa shape index (κ1) is 20.1. The minimum Gasteiger partial charge on any atom is -0.475 e. The van der Waals surface area contributed by atoms with Gasteiger partial charge in [-0.1, -0.05) is 12.1 Å². The van der Waals surface area contributed by atoms with E-state index in [9.17, 15) is 0 Å². The van der Waals surface area contributed by atoms with Crippen LogP contribution in [-0.4, -0.2) is 73.0 Å². The summed E-state index contributed by atoms with van der Waals surface area (Å²) in [7, 11) is 0. The molecule has 0 atom stereocenters. The first-order valence-corrected chi connectivity index (χ1v) is 8.41. The molecule has 0 aliphatic carbocycles. The summed E-state index contributed by atoms with van der Waals surface area (Å²) in [4.78, 5) is 8.85. The van der Waals surface area contributed by atoms with E-state index in [0.717, 1.165) is 0 Å². The number of pyridine rings is 2. The summed E-state index contributed by atoms with van der Waals surface area (Å²) >= 11 is 0. The molecule has 2 N–H and O–H groups in total. The lowest BCUT2D eigenvalue weighted by molar-refractivity contribution is 0.0694. The van der Waals surface area contributed by atoms with Gasteiger partial charge in [0.25, 0.3) is 0 Å². The molecule has 0 saturated heterocycles. The standard InChI is InChI=1S/C18H24N2O6/c21-7-9-23-11-13-25-17-5-1-3-15(19-17)16-4-2-6-18(20-16)26-14-12-24-10-8-22/h1-6,21-22H,7-14H2. The Kier molecular flexibility index (Phi) is 9.37. The van der Waals surface area contributed by atoms with Crippen molar-refractivity contribution in [2.45, 2.75) is 0 Å². The van der Waals surface area contributed by atoms with Gasteiger partial charge in [-0.05, 0) is 12.1 Å². The maximum absolute atomic E-state index is 8.65. The van der Waals surface area contributed by atoms with Crippen LogP contribution in [0.25, 0.3) is 11.4 Å². The van der Waals surface area contributed by atoms with Gasteiger partial charge in [-0.25, -0.2) is 9.97 Å². The van der Waals surface area contributed by atoms with E-state index in [4.69, 9.17) is 29.2 Å². The Morgan fingerprint density at radius 1 is 0.615 bits per heavy atom. The molecule has 0 saturated carbocycles. The number of nitrogens with zero attached hydrogens (tertiary/aromatic N) is 2. The van der Waals surface area contributed by atoms with Crippen molar-refractivity contribution >= 4 is 0 Å². The van der Waals surface area contributed by atoms with Crippen LogP contribution < -0.4 is 9.47 Å².